The summed E-state index contributed by atoms with van der Waals surface area (Å²) in [6.45, 7) is 0. The molecule has 1 rings (SSSR count). The van der Waals surface area contributed by atoms with Crippen molar-refractivity contribution in [2.24, 2.45) is 5.84 Å². The molecule has 0 aromatic heterocycles. The molecule has 0 radical (unpaired) electrons. The number of benzene rings is 1. The molecule has 0 spiro atoms. The van der Waals surface area contributed by atoms with E-state index in [0.717, 1.165) is 0 Å². The second-order valence-corrected chi connectivity index (χ2v) is 2.73. The third-order valence-electron chi connectivity index (χ3n) is 1.53. The van der Waals surface area contributed by atoms with Crippen LogP contribution in [0.1, 0.15) is 15.9 Å². The highest BCUT2D eigenvalue weighted by Gasteiger charge is 2.11. The topological polar surface area (TPSA) is 75.3 Å². The van der Waals surface area contributed by atoms with Crippen molar-refractivity contribution >= 4 is 23.2 Å². The van der Waals surface area contributed by atoms with E-state index in [4.69, 9.17) is 23.2 Å². The molecular formula is C8H8N2O2S. The zero-order valence-electron chi connectivity index (χ0n) is 6.65. The summed E-state index contributed by atoms with van der Waals surface area (Å²) in [5.41, 5.74) is 2.81. The van der Waals surface area contributed by atoms with E-state index < -0.39 is 5.97 Å². The standard InChI is InChI=1S/C8H8N2O2S/c9-10-7(13)5-3-1-2-4-6(5)8(11)12/h1-4H,9H2,(H,10,13)(H,11,12). The molecule has 0 unspecified atom stereocenters. The molecule has 0 aliphatic carbocycles. The lowest BCUT2D eigenvalue weighted by Gasteiger charge is -2.05. The molecule has 0 atom stereocenters. The van der Waals surface area contributed by atoms with Crippen LogP contribution in [0.15, 0.2) is 24.3 Å². The average Bonchev–Trinajstić information content (AvgIpc) is 2.16. The van der Waals surface area contributed by atoms with Gasteiger partial charge in [0.1, 0.15) is 4.99 Å². The Morgan fingerprint density at radius 3 is 2.38 bits per heavy atom. The fraction of sp³-hybridized carbons (Fsp3) is 0. The van der Waals surface area contributed by atoms with Crippen LogP contribution in [-0.2, 0) is 0 Å². The number of nitrogens with two attached hydrogens (primary N) is 1. The summed E-state index contributed by atoms with van der Waals surface area (Å²) in [5, 5.41) is 8.78. The smallest absolute Gasteiger partial charge is 0.336 e. The lowest BCUT2D eigenvalue weighted by Crippen LogP contribution is -2.30. The largest absolute Gasteiger partial charge is 0.478 e. The van der Waals surface area contributed by atoms with E-state index in [2.05, 4.69) is 5.43 Å². The molecule has 13 heavy (non-hydrogen) atoms. The normalized spacial score (nSPS) is 9.31. The number of thiocarbonyl (C=S) groups is 1. The number of hydrazine groups is 1. The molecule has 0 heterocycles. The van der Waals surface area contributed by atoms with Crippen molar-refractivity contribution in [2.45, 2.75) is 0 Å². The summed E-state index contributed by atoms with van der Waals surface area (Å²) in [6, 6.07) is 6.41. The fourth-order valence-electron chi connectivity index (χ4n) is 0.945. The monoisotopic (exact) mass is 196 g/mol. The molecule has 0 amide bonds. The van der Waals surface area contributed by atoms with Crippen molar-refractivity contribution in [1.29, 1.82) is 0 Å². The van der Waals surface area contributed by atoms with Crippen molar-refractivity contribution in [3.63, 3.8) is 0 Å². The number of hydrogen-bond acceptors (Lipinski definition) is 3. The van der Waals surface area contributed by atoms with E-state index in [9.17, 15) is 4.79 Å². The molecule has 4 nitrogen and oxygen atoms in total. The van der Waals surface area contributed by atoms with Gasteiger partial charge >= 0.3 is 5.97 Å². The molecule has 1 aromatic carbocycles. The number of hydrogen-bond donors (Lipinski definition) is 3. The first kappa shape index (κ1) is 9.63. The molecule has 0 aliphatic heterocycles. The third kappa shape index (κ3) is 2.01. The minimum atomic E-state index is -1.02. The molecule has 0 saturated heterocycles. The first-order valence-corrected chi connectivity index (χ1v) is 3.91. The number of nitrogens with one attached hydrogen (secondary N) is 1. The van der Waals surface area contributed by atoms with E-state index in [1.54, 1.807) is 18.2 Å². The van der Waals surface area contributed by atoms with E-state index in [1.807, 2.05) is 0 Å². The van der Waals surface area contributed by atoms with E-state index in [-0.39, 0.29) is 10.6 Å². The Balaban J connectivity index is 3.19. The van der Waals surface area contributed by atoms with Crippen LogP contribution in [-0.4, -0.2) is 16.1 Å². The summed E-state index contributed by atoms with van der Waals surface area (Å²) in [5.74, 6) is 4.07. The first-order valence-electron chi connectivity index (χ1n) is 3.50. The Kier molecular flexibility index (Phi) is 2.94. The average molecular weight is 196 g/mol. The summed E-state index contributed by atoms with van der Waals surface area (Å²) < 4.78 is 0. The van der Waals surface area contributed by atoms with Gasteiger partial charge in [-0.15, -0.1) is 0 Å². The van der Waals surface area contributed by atoms with Gasteiger partial charge in [-0.2, -0.15) is 0 Å². The van der Waals surface area contributed by atoms with Crippen LogP contribution >= 0.6 is 12.2 Å². The highest BCUT2D eigenvalue weighted by Crippen LogP contribution is 2.08. The van der Waals surface area contributed by atoms with Crippen molar-refractivity contribution in [1.82, 2.24) is 5.43 Å². The van der Waals surface area contributed by atoms with Crippen molar-refractivity contribution in [3.05, 3.63) is 35.4 Å². The molecule has 0 fully saturated rings. The van der Waals surface area contributed by atoms with Crippen molar-refractivity contribution in [2.75, 3.05) is 0 Å². The Labute approximate surface area is 80.3 Å². The highest BCUT2D eigenvalue weighted by atomic mass is 32.1. The van der Waals surface area contributed by atoms with Gasteiger partial charge in [0.15, 0.2) is 0 Å². The first-order chi connectivity index (χ1) is 6.16. The van der Waals surface area contributed by atoms with Gasteiger partial charge in [-0.3, -0.25) is 0 Å². The minimum Gasteiger partial charge on any atom is -0.478 e. The van der Waals surface area contributed by atoms with Crippen LogP contribution in [0.3, 0.4) is 0 Å². The third-order valence-corrected chi connectivity index (χ3v) is 1.87. The highest BCUT2D eigenvalue weighted by molar-refractivity contribution is 7.80. The summed E-state index contributed by atoms with van der Waals surface area (Å²) in [6.07, 6.45) is 0. The quantitative estimate of drug-likeness (QED) is 0.365. The second-order valence-electron chi connectivity index (χ2n) is 2.32. The molecule has 5 heteroatoms. The van der Waals surface area contributed by atoms with Crippen LogP contribution in [0.25, 0.3) is 0 Å². The van der Waals surface area contributed by atoms with Crippen LogP contribution in [0, 0.1) is 0 Å². The Morgan fingerprint density at radius 2 is 1.92 bits per heavy atom. The SMILES string of the molecule is NNC(=S)c1ccccc1C(=O)O. The lowest BCUT2D eigenvalue weighted by molar-refractivity contribution is 0.0696. The van der Waals surface area contributed by atoms with E-state index in [1.165, 1.54) is 6.07 Å². The Morgan fingerprint density at radius 1 is 1.38 bits per heavy atom. The van der Waals surface area contributed by atoms with Crippen LogP contribution in [0.5, 0.6) is 0 Å². The Hall–Kier alpha value is -1.46. The predicted molar refractivity (Wildman–Crippen MR) is 52.4 cm³/mol. The Bertz CT molecular complexity index is 352. The molecule has 4 N–H and O–H groups in total. The predicted octanol–water partition coefficient (Wildman–Crippen LogP) is 0.524. The van der Waals surface area contributed by atoms with Crippen molar-refractivity contribution in [3.8, 4) is 0 Å². The minimum absolute atomic E-state index is 0.144. The van der Waals surface area contributed by atoms with E-state index >= 15 is 0 Å². The maximum absolute atomic E-state index is 10.7. The van der Waals surface area contributed by atoms with Crippen LogP contribution < -0.4 is 11.3 Å². The van der Waals surface area contributed by atoms with Gasteiger partial charge in [-0.1, -0.05) is 30.4 Å². The van der Waals surface area contributed by atoms with Gasteiger partial charge in [0, 0.05) is 5.56 Å². The summed E-state index contributed by atoms with van der Waals surface area (Å²) in [7, 11) is 0. The zero-order valence-corrected chi connectivity index (χ0v) is 7.47. The molecule has 0 aliphatic rings. The van der Waals surface area contributed by atoms with Gasteiger partial charge in [-0.25, -0.2) is 10.6 Å². The van der Waals surface area contributed by atoms with Gasteiger partial charge in [0.2, 0.25) is 0 Å². The van der Waals surface area contributed by atoms with Gasteiger partial charge in [0.25, 0.3) is 0 Å². The maximum atomic E-state index is 10.7. The van der Waals surface area contributed by atoms with Gasteiger partial charge < -0.3 is 10.5 Å². The maximum Gasteiger partial charge on any atom is 0.336 e. The van der Waals surface area contributed by atoms with Crippen molar-refractivity contribution < 1.29 is 9.90 Å². The van der Waals surface area contributed by atoms with Gasteiger partial charge in [0.05, 0.1) is 5.56 Å². The van der Waals surface area contributed by atoms with Crippen LogP contribution in [0.4, 0.5) is 0 Å². The van der Waals surface area contributed by atoms with Gasteiger partial charge in [-0.05, 0) is 6.07 Å². The molecule has 0 bridgehead atoms. The molecule has 68 valence electrons. The molecular weight excluding hydrogens is 188 g/mol. The van der Waals surface area contributed by atoms with Crippen LogP contribution in [0.2, 0.25) is 0 Å². The fourth-order valence-corrected chi connectivity index (χ4v) is 1.12. The number of carboxylic acids is 1. The summed E-state index contributed by atoms with van der Waals surface area (Å²) >= 11 is 4.83. The number of rotatable bonds is 2. The molecule has 0 saturated carbocycles. The second kappa shape index (κ2) is 3.97. The lowest BCUT2D eigenvalue weighted by atomic mass is 10.1. The zero-order chi connectivity index (χ0) is 9.84. The number of carboxylic acid groups (broad SMARTS) is 1. The molecule has 1 aromatic rings. The summed E-state index contributed by atoms with van der Waals surface area (Å²) in [4.78, 5) is 10.9. The number of carbonyl (C=O) groups is 1. The van der Waals surface area contributed by atoms with E-state index in [0.29, 0.717) is 5.56 Å². The number of aromatic carboxylic acids is 1.